The van der Waals surface area contributed by atoms with Gasteiger partial charge in [-0.25, -0.2) is 9.79 Å². The number of thiazole rings is 1. The number of hydrogen-bond acceptors (Lipinski definition) is 10. The summed E-state index contributed by atoms with van der Waals surface area (Å²) in [7, 11) is 0. The number of furan rings is 1. The van der Waals surface area contributed by atoms with E-state index in [-0.39, 0.29) is 30.2 Å². The summed E-state index contributed by atoms with van der Waals surface area (Å²) in [5.74, 6) is 1.35. The highest BCUT2D eigenvalue weighted by molar-refractivity contribution is 7.07. The first-order valence-corrected chi connectivity index (χ1v) is 13.9. The minimum absolute atomic E-state index is 0.00699. The summed E-state index contributed by atoms with van der Waals surface area (Å²) < 4.78 is 24.2. The molecule has 12 heteroatoms. The molecule has 4 heterocycles. The van der Waals surface area contributed by atoms with Gasteiger partial charge in [-0.2, -0.15) is 0 Å². The van der Waals surface area contributed by atoms with Crippen LogP contribution in [-0.2, 0) is 9.53 Å². The van der Waals surface area contributed by atoms with Crippen LogP contribution in [0.3, 0.4) is 0 Å². The highest BCUT2D eigenvalue weighted by Crippen LogP contribution is 2.38. The fraction of sp³-hybridized carbons (Fsp3) is 0.233. The Hall–Kier alpha value is -4.97. The largest absolute Gasteiger partial charge is 0.463 e. The van der Waals surface area contributed by atoms with Crippen LogP contribution in [0.4, 0.5) is 5.69 Å². The average molecular weight is 588 g/mol. The molecule has 0 fully saturated rings. The smallest absolute Gasteiger partial charge is 0.338 e. The standard InChI is InChI=1S/C30H25N3O8S/c1-5-38-29(35)26-17(4)31-30-32(27(26)18-6-8-23-24(12-18)40-14-39-23)28(34)25(42-30)13-20-7-9-22(41-20)19-10-15(2)16(3)21(11-19)33(36)37/h6-13,27H,5,14H2,1-4H3/b25-13-/t27-/m1/s1. The second-order valence-corrected chi connectivity index (χ2v) is 10.8. The van der Waals surface area contributed by atoms with E-state index >= 15 is 0 Å². The molecule has 6 rings (SSSR count). The molecule has 0 saturated carbocycles. The summed E-state index contributed by atoms with van der Waals surface area (Å²) in [4.78, 5) is 43.1. The number of rotatable bonds is 6. The van der Waals surface area contributed by atoms with Gasteiger partial charge in [0.1, 0.15) is 11.5 Å². The number of esters is 1. The molecule has 1 atom stereocenters. The molecule has 0 radical (unpaired) electrons. The molecule has 214 valence electrons. The molecule has 0 N–H and O–H groups in total. The van der Waals surface area contributed by atoms with Crippen LogP contribution in [0, 0.1) is 24.0 Å². The Morgan fingerprint density at radius 2 is 1.95 bits per heavy atom. The Kier molecular flexibility index (Phi) is 6.77. The lowest BCUT2D eigenvalue weighted by atomic mass is 9.95. The Balaban J connectivity index is 1.46. The van der Waals surface area contributed by atoms with Crippen LogP contribution in [-0.4, -0.2) is 28.9 Å². The minimum atomic E-state index is -0.805. The molecule has 11 nitrogen and oxygen atoms in total. The van der Waals surface area contributed by atoms with Crippen LogP contribution in [0.1, 0.15) is 42.3 Å². The molecule has 0 amide bonds. The molecule has 2 aliphatic rings. The number of hydrogen-bond donors (Lipinski definition) is 0. The Bertz CT molecular complexity index is 2000. The zero-order valence-electron chi connectivity index (χ0n) is 23.1. The summed E-state index contributed by atoms with van der Waals surface area (Å²) >= 11 is 1.16. The van der Waals surface area contributed by atoms with Crippen LogP contribution in [0.25, 0.3) is 17.4 Å². The quantitative estimate of drug-likeness (QED) is 0.185. The maximum absolute atomic E-state index is 13.9. The first-order valence-electron chi connectivity index (χ1n) is 13.1. The van der Waals surface area contributed by atoms with E-state index in [2.05, 4.69) is 4.99 Å². The molecule has 2 aromatic carbocycles. The lowest BCUT2D eigenvalue weighted by molar-refractivity contribution is -0.385. The molecule has 0 aliphatic carbocycles. The van der Waals surface area contributed by atoms with Gasteiger partial charge in [-0.05, 0) is 69.2 Å². The normalized spacial score (nSPS) is 15.9. The average Bonchev–Trinajstić information content (AvgIpc) is 3.68. The van der Waals surface area contributed by atoms with Crippen molar-refractivity contribution in [1.29, 1.82) is 0 Å². The summed E-state index contributed by atoms with van der Waals surface area (Å²) in [5.41, 5.74) is 2.90. The molecular formula is C30H25N3O8S. The lowest BCUT2D eigenvalue weighted by Crippen LogP contribution is -2.39. The summed E-state index contributed by atoms with van der Waals surface area (Å²) in [5, 5.41) is 11.5. The fourth-order valence-corrected chi connectivity index (χ4v) is 6.10. The van der Waals surface area contributed by atoms with Crippen molar-refractivity contribution in [2.75, 3.05) is 13.4 Å². The number of nitro groups is 1. The number of aromatic nitrogens is 1. The molecule has 0 saturated heterocycles. The van der Waals surface area contributed by atoms with Crippen LogP contribution >= 0.6 is 11.3 Å². The van der Waals surface area contributed by atoms with Gasteiger partial charge in [0, 0.05) is 23.3 Å². The Morgan fingerprint density at radius 1 is 1.17 bits per heavy atom. The van der Waals surface area contributed by atoms with Crippen molar-refractivity contribution in [3.63, 3.8) is 0 Å². The van der Waals surface area contributed by atoms with E-state index in [0.29, 0.717) is 54.7 Å². The number of allylic oxidation sites excluding steroid dienone is 1. The number of nitro benzene ring substituents is 1. The van der Waals surface area contributed by atoms with Gasteiger partial charge in [-0.3, -0.25) is 19.5 Å². The van der Waals surface area contributed by atoms with Crippen LogP contribution in [0.5, 0.6) is 11.5 Å². The Labute approximate surface area is 242 Å². The number of carbonyl (C=O) groups excluding carboxylic acids is 1. The van der Waals surface area contributed by atoms with Gasteiger partial charge in [0.15, 0.2) is 16.3 Å². The van der Waals surface area contributed by atoms with Crippen molar-refractivity contribution in [1.82, 2.24) is 4.57 Å². The predicted octanol–water partition coefficient (Wildman–Crippen LogP) is 4.31. The molecule has 2 aliphatic heterocycles. The molecule has 0 unspecified atom stereocenters. The van der Waals surface area contributed by atoms with E-state index in [1.165, 1.54) is 10.6 Å². The minimum Gasteiger partial charge on any atom is -0.463 e. The van der Waals surface area contributed by atoms with Crippen molar-refractivity contribution in [3.8, 4) is 22.8 Å². The molecule has 4 aromatic rings. The Morgan fingerprint density at radius 3 is 2.71 bits per heavy atom. The third-order valence-corrected chi connectivity index (χ3v) is 8.23. The third kappa shape index (κ3) is 4.59. The van der Waals surface area contributed by atoms with Gasteiger partial charge in [0.05, 0.1) is 33.4 Å². The van der Waals surface area contributed by atoms with Crippen molar-refractivity contribution in [2.45, 2.75) is 33.7 Å². The molecule has 2 aromatic heterocycles. The summed E-state index contributed by atoms with van der Waals surface area (Å²) in [6, 6.07) is 11.2. The van der Waals surface area contributed by atoms with Gasteiger partial charge in [0.2, 0.25) is 6.79 Å². The lowest BCUT2D eigenvalue weighted by Gasteiger charge is -2.24. The van der Waals surface area contributed by atoms with Crippen molar-refractivity contribution >= 4 is 29.1 Å². The number of ether oxygens (including phenoxy) is 3. The molecule has 0 bridgehead atoms. The van der Waals surface area contributed by atoms with E-state index in [1.54, 1.807) is 64.1 Å². The van der Waals surface area contributed by atoms with Crippen LogP contribution in [0.15, 0.2) is 67.9 Å². The molecular weight excluding hydrogens is 562 g/mol. The molecule has 42 heavy (non-hydrogen) atoms. The maximum Gasteiger partial charge on any atom is 0.338 e. The second-order valence-electron chi connectivity index (χ2n) is 9.81. The van der Waals surface area contributed by atoms with Crippen LogP contribution < -0.4 is 24.4 Å². The van der Waals surface area contributed by atoms with Gasteiger partial charge in [-0.15, -0.1) is 0 Å². The zero-order chi connectivity index (χ0) is 29.7. The summed E-state index contributed by atoms with van der Waals surface area (Å²) in [6.07, 6.45) is 1.60. The first-order chi connectivity index (χ1) is 20.2. The highest BCUT2D eigenvalue weighted by Gasteiger charge is 2.34. The monoisotopic (exact) mass is 587 g/mol. The van der Waals surface area contributed by atoms with E-state index in [9.17, 15) is 19.7 Å². The van der Waals surface area contributed by atoms with Crippen LogP contribution in [0.2, 0.25) is 0 Å². The fourth-order valence-electron chi connectivity index (χ4n) is 5.08. The van der Waals surface area contributed by atoms with Crippen molar-refractivity contribution in [2.24, 2.45) is 4.99 Å². The number of carbonyl (C=O) groups is 1. The predicted molar refractivity (Wildman–Crippen MR) is 153 cm³/mol. The molecule has 0 spiro atoms. The van der Waals surface area contributed by atoms with Crippen molar-refractivity contribution in [3.05, 3.63) is 106 Å². The zero-order valence-corrected chi connectivity index (χ0v) is 23.9. The number of aryl methyl sites for hydroxylation is 1. The van der Waals surface area contributed by atoms with E-state index < -0.39 is 16.9 Å². The van der Waals surface area contributed by atoms with Gasteiger partial charge in [-0.1, -0.05) is 17.4 Å². The van der Waals surface area contributed by atoms with Crippen molar-refractivity contribution < 1.29 is 28.3 Å². The number of nitrogens with zero attached hydrogens (tertiary/aromatic N) is 3. The SMILES string of the molecule is CCOC(=O)C1=C(C)N=c2s/c(=C\c3ccc(-c4cc(C)c(C)c([N+](=O)[O-])c4)o3)c(=O)n2[C@@H]1c1ccc2c(c1)OCO2. The van der Waals surface area contributed by atoms with E-state index in [4.69, 9.17) is 18.6 Å². The number of fused-ring (bicyclic) bond motifs is 2. The maximum atomic E-state index is 13.9. The highest BCUT2D eigenvalue weighted by atomic mass is 32.1. The van der Waals surface area contributed by atoms with Gasteiger partial charge < -0.3 is 18.6 Å². The number of benzene rings is 2. The third-order valence-electron chi connectivity index (χ3n) is 7.25. The second kappa shape index (κ2) is 10.5. The summed E-state index contributed by atoms with van der Waals surface area (Å²) in [6.45, 7) is 7.19. The van der Waals surface area contributed by atoms with E-state index in [0.717, 1.165) is 16.9 Å². The van der Waals surface area contributed by atoms with E-state index in [1.807, 2.05) is 6.07 Å². The van der Waals surface area contributed by atoms with Gasteiger partial charge >= 0.3 is 5.97 Å². The topological polar surface area (TPSA) is 135 Å². The van der Waals surface area contributed by atoms with Gasteiger partial charge in [0.25, 0.3) is 11.2 Å². The first kappa shape index (κ1) is 27.2.